The Hall–Kier alpha value is 0.260. The Bertz CT molecular complexity index is 436. The zero-order valence-corrected chi connectivity index (χ0v) is 20.2. The lowest BCUT2D eigenvalue weighted by Crippen LogP contribution is -2.14. The predicted octanol–water partition coefficient (Wildman–Crippen LogP) is 8.46. The van der Waals surface area contributed by atoms with E-state index in [9.17, 15) is 0 Å². The minimum atomic E-state index is 0.617. The highest BCUT2D eigenvalue weighted by atomic mass is 79.9. The molecule has 0 aliphatic rings. The number of rotatable bonds is 14. The summed E-state index contributed by atoms with van der Waals surface area (Å²) in [4.78, 5) is 0. The van der Waals surface area contributed by atoms with Crippen LogP contribution in [0.15, 0.2) is 7.57 Å². The highest BCUT2D eigenvalue weighted by Gasteiger charge is 2.21. The summed E-state index contributed by atoms with van der Waals surface area (Å²) in [5.74, 6) is 2.98. The second kappa shape index (κ2) is 13.4. The third kappa shape index (κ3) is 8.21. The van der Waals surface area contributed by atoms with Crippen LogP contribution < -0.4 is 9.47 Å². The Kier molecular flexibility index (Phi) is 12.5. The standard InChI is InChI=1S/C20H34Br2O2S/c1-5-9-11-15(7-3)13-23-17-18(20(22)25-19(17)21)24-14-16(8-4)12-10-6-2/h15-16H,5-14H2,1-4H3. The lowest BCUT2D eigenvalue weighted by atomic mass is 10.0. The maximum Gasteiger partial charge on any atom is 0.187 e. The fraction of sp³-hybridized carbons (Fsp3) is 0.800. The van der Waals surface area contributed by atoms with Crippen molar-refractivity contribution in [2.75, 3.05) is 13.2 Å². The van der Waals surface area contributed by atoms with Crippen molar-refractivity contribution in [3.05, 3.63) is 7.57 Å². The van der Waals surface area contributed by atoms with Gasteiger partial charge < -0.3 is 9.47 Å². The third-order valence-corrected chi connectivity index (χ3v) is 7.18. The van der Waals surface area contributed by atoms with Crippen LogP contribution in [0.25, 0.3) is 0 Å². The van der Waals surface area contributed by atoms with E-state index < -0.39 is 0 Å². The van der Waals surface area contributed by atoms with E-state index in [0.717, 1.165) is 45.1 Å². The number of ether oxygens (including phenoxy) is 2. The average Bonchev–Trinajstić information content (AvgIpc) is 2.88. The first-order valence-electron chi connectivity index (χ1n) is 9.80. The van der Waals surface area contributed by atoms with E-state index in [4.69, 9.17) is 9.47 Å². The quantitative estimate of drug-likeness (QED) is 0.256. The molecule has 1 heterocycles. The molecule has 0 aromatic carbocycles. The van der Waals surface area contributed by atoms with Crippen molar-refractivity contribution >= 4 is 43.2 Å². The number of unbranched alkanes of at least 4 members (excludes halogenated alkanes) is 2. The van der Waals surface area contributed by atoms with Gasteiger partial charge in [0.1, 0.15) is 7.57 Å². The van der Waals surface area contributed by atoms with E-state index in [1.807, 2.05) is 0 Å². The summed E-state index contributed by atoms with van der Waals surface area (Å²) in [6.07, 6.45) is 9.83. The summed E-state index contributed by atoms with van der Waals surface area (Å²) in [6.45, 7) is 10.5. The number of hydrogen-bond acceptors (Lipinski definition) is 3. The van der Waals surface area contributed by atoms with E-state index in [1.165, 1.54) is 38.5 Å². The monoisotopic (exact) mass is 496 g/mol. The minimum absolute atomic E-state index is 0.617. The zero-order chi connectivity index (χ0) is 18.7. The van der Waals surface area contributed by atoms with E-state index in [0.29, 0.717) is 11.8 Å². The highest BCUT2D eigenvalue weighted by Crippen LogP contribution is 2.49. The highest BCUT2D eigenvalue weighted by molar-refractivity contribution is 9.12. The number of halogens is 2. The van der Waals surface area contributed by atoms with Gasteiger partial charge in [0.25, 0.3) is 0 Å². The van der Waals surface area contributed by atoms with E-state index in [-0.39, 0.29) is 0 Å². The first-order chi connectivity index (χ1) is 12.1. The molecule has 1 aromatic rings. The SMILES string of the molecule is CCCCC(CC)COc1c(Br)sc(Br)c1OCC(CC)CCCC. The zero-order valence-electron chi connectivity index (χ0n) is 16.2. The van der Waals surface area contributed by atoms with Crippen molar-refractivity contribution in [1.82, 2.24) is 0 Å². The molecular formula is C20H34Br2O2S. The maximum atomic E-state index is 6.19. The molecule has 0 aliphatic heterocycles. The van der Waals surface area contributed by atoms with Crippen LogP contribution in [-0.2, 0) is 0 Å². The van der Waals surface area contributed by atoms with Crippen molar-refractivity contribution in [2.24, 2.45) is 11.8 Å². The number of hydrogen-bond donors (Lipinski definition) is 0. The molecule has 2 atom stereocenters. The van der Waals surface area contributed by atoms with Gasteiger partial charge in [0.05, 0.1) is 13.2 Å². The Balaban J connectivity index is 2.68. The summed E-state index contributed by atoms with van der Waals surface area (Å²) in [5.41, 5.74) is 0. The second-order valence-corrected chi connectivity index (χ2v) is 10.4. The molecule has 5 heteroatoms. The van der Waals surface area contributed by atoms with Crippen molar-refractivity contribution in [1.29, 1.82) is 0 Å². The van der Waals surface area contributed by atoms with E-state index >= 15 is 0 Å². The van der Waals surface area contributed by atoms with Gasteiger partial charge in [-0.3, -0.25) is 0 Å². The van der Waals surface area contributed by atoms with Crippen LogP contribution in [0.1, 0.15) is 79.1 Å². The Morgan fingerprint density at radius 2 is 1.16 bits per heavy atom. The molecule has 2 nitrogen and oxygen atoms in total. The van der Waals surface area contributed by atoms with Crippen LogP contribution in [0, 0.1) is 11.8 Å². The number of thiophene rings is 1. The molecule has 2 unspecified atom stereocenters. The Labute approximate surface area is 175 Å². The molecule has 25 heavy (non-hydrogen) atoms. The molecule has 0 saturated heterocycles. The molecule has 0 spiro atoms. The topological polar surface area (TPSA) is 18.5 Å². The minimum Gasteiger partial charge on any atom is -0.487 e. The van der Waals surface area contributed by atoms with Crippen molar-refractivity contribution < 1.29 is 9.47 Å². The van der Waals surface area contributed by atoms with Crippen LogP contribution >= 0.6 is 43.2 Å². The molecule has 0 saturated carbocycles. The van der Waals surface area contributed by atoms with Crippen LogP contribution in [0.3, 0.4) is 0 Å². The normalized spacial score (nSPS) is 13.7. The molecule has 0 amide bonds. The van der Waals surface area contributed by atoms with Crippen molar-refractivity contribution in [3.63, 3.8) is 0 Å². The first kappa shape index (κ1) is 23.3. The van der Waals surface area contributed by atoms with Gasteiger partial charge in [0.15, 0.2) is 11.5 Å². The molecule has 1 rings (SSSR count). The predicted molar refractivity (Wildman–Crippen MR) is 117 cm³/mol. The van der Waals surface area contributed by atoms with Gasteiger partial charge in [0, 0.05) is 0 Å². The van der Waals surface area contributed by atoms with E-state index in [1.54, 1.807) is 11.3 Å². The van der Waals surface area contributed by atoms with Crippen molar-refractivity contribution in [3.8, 4) is 11.5 Å². The lowest BCUT2D eigenvalue weighted by molar-refractivity contribution is 0.199. The van der Waals surface area contributed by atoms with E-state index in [2.05, 4.69) is 59.6 Å². The Morgan fingerprint density at radius 1 is 0.760 bits per heavy atom. The largest absolute Gasteiger partial charge is 0.487 e. The fourth-order valence-corrected chi connectivity index (χ4v) is 5.65. The third-order valence-electron chi connectivity index (χ3n) is 4.76. The van der Waals surface area contributed by atoms with Gasteiger partial charge in [-0.15, -0.1) is 11.3 Å². The molecule has 0 radical (unpaired) electrons. The molecule has 0 fully saturated rings. The van der Waals surface area contributed by atoms with Gasteiger partial charge >= 0.3 is 0 Å². The summed E-state index contributed by atoms with van der Waals surface area (Å²) < 4.78 is 14.4. The first-order valence-corrected chi connectivity index (χ1v) is 12.2. The van der Waals surface area contributed by atoms with Crippen LogP contribution in [0.5, 0.6) is 11.5 Å². The smallest absolute Gasteiger partial charge is 0.187 e. The summed E-state index contributed by atoms with van der Waals surface area (Å²) >= 11 is 8.92. The van der Waals surface area contributed by atoms with Crippen molar-refractivity contribution in [2.45, 2.75) is 79.1 Å². The molecule has 0 bridgehead atoms. The molecule has 1 aromatic heterocycles. The molecular weight excluding hydrogens is 464 g/mol. The maximum absolute atomic E-state index is 6.19. The van der Waals surface area contributed by atoms with Gasteiger partial charge in [-0.25, -0.2) is 0 Å². The summed E-state index contributed by atoms with van der Waals surface area (Å²) in [6, 6.07) is 0. The van der Waals surface area contributed by atoms with Gasteiger partial charge in [0.2, 0.25) is 0 Å². The van der Waals surface area contributed by atoms with Crippen LogP contribution in [0.4, 0.5) is 0 Å². The molecule has 0 N–H and O–H groups in total. The second-order valence-electron chi connectivity index (χ2n) is 6.76. The molecule has 146 valence electrons. The summed E-state index contributed by atoms with van der Waals surface area (Å²) in [7, 11) is 0. The summed E-state index contributed by atoms with van der Waals surface area (Å²) in [5, 5.41) is 0. The Morgan fingerprint density at radius 3 is 1.48 bits per heavy atom. The van der Waals surface area contributed by atoms with Gasteiger partial charge in [-0.05, 0) is 56.5 Å². The fourth-order valence-electron chi connectivity index (χ4n) is 2.79. The van der Waals surface area contributed by atoms with Crippen LogP contribution in [-0.4, -0.2) is 13.2 Å². The van der Waals surface area contributed by atoms with Gasteiger partial charge in [-0.1, -0.05) is 66.2 Å². The van der Waals surface area contributed by atoms with Gasteiger partial charge in [-0.2, -0.15) is 0 Å². The molecule has 0 aliphatic carbocycles. The lowest BCUT2D eigenvalue weighted by Gasteiger charge is -2.18. The van der Waals surface area contributed by atoms with Crippen LogP contribution in [0.2, 0.25) is 0 Å². The average molecular weight is 498 g/mol.